The molecule has 1 aromatic carbocycles. The monoisotopic (exact) mass is 250 g/mol. The van der Waals surface area contributed by atoms with Gasteiger partial charge >= 0.3 is 0 Å². The van der Waals surface area contributed by atoms with Crippen molar-refractivity contribution in [2.45, 2.75) is 6.42 Å². The Bertz CT molecular complexity index is 547. The van der Waals surface area contributed by atoms with Gasteiger partial charge in [-0.15, -0.1) is 0 Å². The number of aromatic nitrogens is 1. The Morgan fingerprint density at radius 2 is 2.25 bits per heavy atom. The van der Waals surface area contributed by atoms with Gasteiger partial charge in [0.1, 0.15) is 0 Å². The van der Waals surface area contributed by atoms with Crippen LogP contribution in [0, 0.1) is 0 Å². The number of halogens is 1. The average Bonchev–Trinajstić information content (AvgIpc) is 2.73. The zero-order valence-electron chi connectivity index (χ0n) is 8.69. The van der Waals surface area contributed by atoms with Crippen molar-refractivity contribution in [1.82, 2.24) is 4.98 Å². The summed E-state index contributed by atoms with van der Waals surface area (Å²) in [5.74, 6) is 0. The molecule has 0 N–H and O–H groups in total. The summed E-state index contributed by atoms with van der Waals surface area (Å²) in [6.45, 7) is 2.03. The Balaban J connectivity index is 2.01. The van der Waals surface area contributed by atoms with Gasteiger partial charge in [-0.3, -0.25) is 0 Å². The van der Waals surface area contributed by atoms with Gasteiger partial charge in [-0.25, -0.2) is 4.98 Å². The number of thiazole rings is 1. The first-order chi connectivity index (χ1) is 7.83. The summed E-state index contributed by atoms with van der Waals surface area (Å²) in [4.78, 5) is 6.93. The molecule has 0 atom stereocenters. The molecule has 16 heavy (non-hydrogen) atoms. The van der Waals surface area contributed by atoms with Gasteiger partial charge in [0.15, 0.2) is 5.13 Å². The lowest BCUT2D eigenvalue weighted by atomic mass is 10.3. The van der Waals surface area contributed by atoms with Crippen LogP contribution in [-0.2, 0) is 0 Å². The third kappa shape index (κ3) is 1.81. The second kappa shape index (κ2) is 4.07. The molecule has 4 heteroatoms. The summed E-state index contributed by atoms with van der Waals surface area (Å²) in [6, 6.07) is 5.86. The molecule has 0 fully saturated rings. The van der Waals surface area contributed by atoms with Crippen LogP contribution in [0.5, 0.6) is 0 Å². The number of benzene rings is 1. The van der Waals surface area contributed by atoms with E-state index in [1.165, 1.54) is 0 Å². The third-order valence-corrected chi connectivity index (χ3v) is 3.98. The molecule has 1 aromatic heterocycles. The van der Waals surface area contributed by atoms with Crippen molar-refractivity contribution in [2.75, 3.05) is 18.0 Å². The molecule has 0 amide bonds. The van der Waals surface area contributed by atoms with Gasteiger partial charge in [-0.1, -0.05) is 35.1 Å². The SMILES string of the molecule is Clc1ccc2nc(N3CC=CCC3)sc2c1. The van der Waals surface area contributed by atoms with Crippen molar-refractivity contribution in [2.24, 2.45) is 0 Å². The highest BCUT2D eigenvalue weighted by Crippen LogP contribution is 2.31. The Hall–Kier alpha value is -1.06. The molecule has 0 bridgehead atoms. The molecule has 0 radical (unpaired) electrons. The smallest absolute Gasteiger partial charge is 0.186 e. The van der Waals surface area contributed by atoms with Crippen LogP contribution in [0.3, 0.4) is 0 Å². The maximum atomic E-state index is 5.97. The Kier molecular flexibility index (Phi) is 2.58. The molecule has 0 spiro atoms. The summed E-state index contributed by atoms with van der Waals surface area (Å²) in [7, 11) is 0. The van der Waals surface area contributed by atoms with Gasteiger partial charge in [0, 0.05) is 18.1 Å². The summed E-state index contributed by atoms with van der Waals surface area (Å²) in [6.07, 6.45) is 5.53. The number of fused-ring (bicyclic) bond motifs is 1. The third-order valence-electron chi connectivity index (χ3n) is 2.67. The lowest BCUT2D eigenvalue weighted by molar-refractivity contribution is 0.818. The molecule has 82 valence electrons. The van der Waals surface area contributed by atoms with Gasteiger partial charge in [-0.05, 0) is 24.6 Å². The van der Waals surface area contributed by atoms with E-state index in [0.717, 1.165) is 39.9 Å². The Morgan fingerprint density at radius 1 is 1.31 bits per heavy atom. The van der Waals surface area contributed by atoms with E-state index in [-0.39, 0.29) is 0 Å². The van der Waals surface area contributed by atoms with Crippen molar-refractivity contribution < 1.29 is 0 Å². The van der Waals surface area contributed by atoms with E-state index in [2.05, 4.69) is 22.0 Å². The van der Waals surface area contributed by atoms with E-state index >= 15 is 0 Å². The largest absolute Gasteiger partial charge is 0.344 e. The molecule has 0 saturated heterocycles. The minimum absolute atomic E-state index is 0.779. The second-order valence-corrected chi connectivity index (χ2v) is 5.26. The van der Waals surface area contributed by atoms with Gasteiger partial charge < -0.3 is 4.90 Å². The number of anilines is 1. The maximum absolute atomic E-state index is 5.97. The molecule has 0 aliphatic carbocycles. The van der Waals surface area contributed by atoms with Crippen molar-refractivity contribution in [1.29, 1.82) is 0 Å². The molecular formula is C12H11ClN2S. The van der Waals surface area contributed by atoms with E-state index in [4.69, 9.17) is 11.6 Å². The number of rotatable bonds is 1. The van der Waals surface area contributed by atoms with E-state index < -0.39 is 0 Å². The Labute approximate surface area is 103 Å². The molecular weight excluding hydrogens is 240 g/mol. The summed E-state index contributed by atoms with van der Waals surface area (Å²) in [5.41, 5.74) is 1.04. The second-order valence-electron chi connectivity index (χ2n) is 3.81. The van der Waals surface area contributed by atoms with E-state index in [9.17, 15) is 0 Å². The minimum Gasteiger partial charge on any atom is -0.344 e. The highest BCUT2D eigenvalue weighted by atomic mass is 35.5. The van der Waals surface area contributed by atoms with E-state index in [1.807, 2.05) is 18.2 Å². The first-order valence-corrected chi connectivity index (χ1v) is 6.48. The van der Waals surface area contributed by atoms with E-state index in [0.29, 0.717) is 0 Å². The van der Waals surface area contributed by atoms with Crippen LogP contribution in [-0.4, -0.2) is 18.1 Å². The fraction of sp³-hybridized carbons (Fsp3) is 0.250. The maximum Gasteiger partial charge on any atom is 0.186 e. The van der Waals surface area contributed by atoms with Crippen LogP contribution in [0.2, 0.25) is 5.02 Å². The highest BCUT2D eigenvalue weighted by Gasteiger charge is 2.12. The van der Waals surface area contributed by atoms with Crippen LogP contribution < -0.4 is 4.90 Å². The predicted molar refractivity (Wildman–Crippen MR) is 70.6 cm³/mol. The average molecular weight is 251 g/mol. The van der Waals surface area contributed by atoms with Gasteiger partial charge in [0.25, 0.3) is 0 Å². The number of hydrogen-bond donors (Lipinski definition) is 0. The van der Waals surface area contributed by atoms with Gasteiger partial charge in [0.05, 0.1) is 10.2 Å². The van der Waals surface area contributed by atoms with Crippen molar-refractivity contribution in [3.05, 3.63) is 35.4 Å². The van der Waals surface area contributed by atoms with Gasteiger partial charge in [-0.2, -0.15) is 0 Å². The summed E-state index contributed by atoms with van der Waals surface area (Å²) < 4.78 is 1.16. The van der Waals surface area contributed by atoms with Crippen LogP contribution in [0.1, 0.15) is 6.42 Å². The van der Waals surface area contributed by atoms with Crippen LogP contribution in [0.25, 0.3) is 10.2 Å². The van der Waals surface area contributed by atoms with E-state index in [1.54, 1.807) is 11.3 Å². The van der Waals surface area contributed by atoms with Crippen molar-refractivity contribution in [3.8, 4) is 0 Å². The predicted octanol–water partition coefficient (Wildman–Crippen LogP) is 3.72. The molecule has 2 nitrogen and oxygen atoms in total. The first-order valence-electron chi connectivity index (χ1n) is 5.29. The van der Waals surface area contributed by atoms with Crippen LogP contribution >= 0.6 is 22.9 Å². The molecule has 1 aliphatic heterocycles. The summed E-state index contributed by atoms with van der Waals surface area (Å²) >= 11 is 7.68. The standard InChI is InChI=1S/C12H11ClN2S/c13-9-4-5-10-11(8-9)16-12(14-10)15-6-2-1-3-7-15/h1-2,4-5,8H,3,6-7H2. The lowest BCUT2D eigenvalue weighted by Crippen LogP contribution is -2.26. The van der Waals surface area contributed by atoms with Crippen LogP contribution in [0.4, 0.5) is 5.13 Å². The molecule has 0 saturated carbocycles. The van der Waals surface area contributed by atoms with Crippen molar-refractivity contribution in [3.63, 3.8) is 0 Å². The first kappa shape index (κ1) is 10.1. The van der Waals surface area contributed by atoms with Crippen LogP contribution in [0.15, 0.2) is 30.4 Å². The molecule has 2 aromatic rings. The Morgan fingerprint density at radius 3 is 3.06 bits per heavy atom. The highest BCUT2D eigenvalue weighted by molar-refractivity contribution is 7.22. The minimum atomic E-state index is 0.779. The molecule has 0 unspecified atom stereocenters. The number of hydrogen-bond acceptors (Lipinski definition) is 3. The van der Waals surface area contributed by atoms with Gasteiger partial charge in [0.2, 0.25) is 0 Å². The zero-order chi connectivity index (χ0) is 11.0. The zero-order valence-corrected chi connectivity index (χ0v) is 10.3. The quantitative estimate of drug-likeness (QED) is 0.718. The molecule has 1 aliphatic rings. The number of nitrogens with zero attached hydrogens (tertiary/aromatic N) is 2. The lowest BCUT2D eigenvalue weighted by Gasteiger charge is -2.21. The topological polar surface area (TPSA) is 16.1 Å². The van der Waals surface area contributed by atoms with Crippen molar-refractivity contribution >= 4 is 38.3 Å². The normalized spacial score (nSPS) is 15.9. The molecule has 2 heterocycles. The fourth-order valence-corrected chi connectivity index (χ4v) is 3.11. The fourth-order valence-electron chi connectivity index (χ4n) is 1.84. The molecule has 3 rings (SSSR count). The summed E-state index contributed by atoms with van der Waals surface area (Å²) in [5, 5.41) is 1.88.